The molecule has 0 fully saturated rings. The molecule has 0 aliphatic carbocycles. The normalized spacial score (nSPS) is 12.3. The summed E-state index contributed by atoms with van der Waals surface area (Å²) >= 11 is 0. The zero-order valence-electron chi connectivity index (χ0n) is 6.89. The second-order valence-corrected chi connectivity index (χ2v) is 4.02. The van der Waals surface area contributed by atoms with Gasteiger partial charge in [0.1, 0.15) is 0 Å². The molecule has 6 heteroatoms. The largest absolute Gasteiger partial charge is 0.349 e. The van der Waals surface area contributed by atoms with E-state index >= 15 is 0 Å². The minimum atomic E-state index is -4.34. The van der Waals surface area contributed by atoms with Gasteiger partial charge in [0.2, 0.25) is 0 Å². The van der Waals surface area contributed by atoms with Crippen LogP contribution >= 0.6 is 7.60 Å². The van der Waals surface area contributed by atoms with E-state index in [2.05, 4.69) is 0 Å². The Labute approximate surface area is 78.9 Å². The van der Waals surface area contributed by atoms with Crippen LogP contribution in [-0.4, -0.2) is 9.79 Å². The van der Waals surface area contributed by atoms with Crippen molar-refractivity contribution in [1.82, 2.24) is 0 Å². The van der Waals surface area contributed by atoms with Crippen LogP contribution in [0.25, 0.3) is 6.08 Å². The lowest BCUT2D eigenvalue weighted by atomic mass is 10.2. The van der Waals surface area contributed by atoms with E-state index in [1.54, 1.807) is 0 Å². The topological polar surface area (TPSA) is 57.5 Å². The van der Waals surface area contributed by atoms with E-state index in [9.17, 15) is 13.3 Å². The van der Waals surface area contributed by atoms with E-state index in [0.29, 0.717) is 5.82 Å². The van der Waals surface area contributed by atoms with Crippen molar-refractivity contribution < 1.29 is 23.1 Å². The van der Waals surface area contributed by atoms with Crippen LogP contribution in [-0.2, 0) is 4.57 Å². The van der Waals surface area contributed by atoms with Crippen LogP contribution in [0.15, 0.2) is 24.0 Å². The van der Waals surface area contributed by atoms with Crippen LogP contribution in [0, 0.1) is 11.6 Å². The minimum absolute atomic E-state index is 0.201. The Morgan fingerprint density at radius 2 is 1.93 bits per heavy atom. The predicted octanol–water partition coefficient (Wildman–Crippen LogP) is 2.11. The summed E-state index contributed by atoms with van der Waals surface area (Å²) in [5, 5.41) is 0. The first-order valence-electron chi connectivity index (χ1n) is 3.58. The third-order valence-corrected chi connectivity index (χ3v) is 1.97. The smallest absolute Gasteiger partial charge is 0.321 e. The molecule has 0 aromatic heterocycles. The highest BCUT2D eigenvalue weighted by Gasteiger charge is 2.08. The summed E-state index contributed by atoms with van der Waals surface area (Å²) < 4.78 is 35.9. The van der Waals surface area contributed by atoms with Gasteiger partial charge in [-0.25, -0.2) is 8.78 Å². The van der Waals surface area contributed by atoms with Gasteiger partial charge in [0.05, 0.1) is 0 Å². The van der Waals surface area contributed by atoms with Crippen LogP contribution in [0.5, 0.6) is 0 Å². The summed E-state index contributed by atoms with van der Waals surface area (Å²) in [6.45, 7) is 0. The summed E-state index contributed by atoms with van der Waals surface area (Å²) in [6, 6.07) is 3.38. The number of halogens is 2. The fraction of sp³-hybridized carbons (Fsp3) is 0. The van der Waals surface area contributed by atoms with Crippen LogP contribution < -0.4 is 0 Å². The first kappa shape index (κ1) is 11.0. The molecule has 0 spiro atoms. The third-order valence-electron chi connectivity index (χ3n) is 1.43. The monoisotopic (exact) mass is 220 g/mol. The Bertz CT molecular complexity index is 411. The molecule has 0 saturated heterocycles. The van der Waals surface area contributed by atoms with Crippen molar-refractivity contribution in [2.24, 2.45) is 0 Å². The molecule has 1 rings (SSSR count). The van der Waals surface area contributed by atoms with Gasteiger partial charge >= 0.3 is 7.60 Å². The molecule has 0 radical (unpaired) electrons. The molecule has 0 amide bonds. The number of hydrogen-bond donors (Lipinski definition) is 2. The van der Waals surface area contributed by atoms with Gasteiger partial charge in [0.25, 0.3) is 0 Å². The Morgan fingerprint density at radius 3 is 2.50 bits per heavy atom. The Morgan fingerprint density at radius 1 is 1.29 bits per heavy atom. The molecule has 0 heterocycles. The first-order valence-corrected chi connectivity index (χ1v) is 5.27. The lowest BCUT2D eigenvalue weighted by molar-refractivity contribution is 0.386. The van der Waals surface area contributed by atoms with Crippen molar-refractivity contribution in [2.45, 2.75) is 0 Å². The zero-order valence-corrected chi connectivity index (χ0v) is 7.79. The van der Waals surface area contributed by atoms with E-state index in [1.165, 1.54) is 12.1 Å². The molecule has 14 heavy (non-hydrogen) atoms. The fourth-order valence-electron chi connectivity index (χ4n) is 0.827. The quantitative estimate of drug-likeness (QED) is 0.750. The molecular formula is C8H7F2O3P. The summed E-state index contributed by atoms with van der Waals surface area (Å²) in [5.41, 5.74) is -0.201. The molecule has 0 aliphatic heterocycles. The van der Waals surface area contributed by atoms with E-state index < -0.39 is 19.2 Å². The van der Waals surface area contributed by atoms with Crippen molar-refractivity contribution >= 4 is 13.7 Å². The molecule has 0 atom stereocenters. The van der Waals surface area contributed by atoms with E-state index in [1.807, 2.05) is 0 Å². The van der Waals surface area contributed by atoms with Gasteiger partial charge in [-0.1, -0.05) is 12.1 Å². The molecule has 0 aliphatic rings. The highest BCUT2D eigenvalue weighted by molar-refractivity contribution is 7.55. The number of rotatable bonds is 2. The Kier molecular flexibility index (Phi) is 3.16. The molecule has 0 bridgehead atoms. The molecule has 2 N–H and O–H groups in total. The first-order chi connectivity index (χ1) is 6.40. The maximum atomic E-state index is 12.9. The van der Waals surface area contributed by atoms with Crippen LogP contribution in [0.1, 0.15) is 5.56 Å². The highest BCUT2D eigenvalue weighted by atomic mass is 31.2. The van der Waals surface area contributed by atoms with Gasteiger partial charge in [0.15, 0.2) is 11.6 Å². The fourth-order valence-corrected chi connectivity index (χ4v) is 1.18. The Balaban J connectivity index is 3.04. The van der Waals surface area contributed by atoms with Crippen molar-refractivity contribution in [3.8, 4) is 0 Å². The predicted molar refractivity (Wildman–Crippen MR) is 47.4 cm³/mol. The molecule has 1 aromatic carbocycles. The lowest BCUT2D eigenvalue weighted by Gasteiger charge is -1.98. The Hall–Kier alpha value is -1.03. The highest BCUT2D eigenvalue weighted by Crippen LogP contribution is 2.37. The van der Waals surface area contributed by atoms with Gasteiger partial charge < -0.3 is 9.79 Å². The summed E-state index contributed by atoms with van der Waals surface area (Å²) in [4.78, 5) is 16.9. The van der Waals surface area contributed by atoms with E-state index in [-0.39, 0.29) is 5.56 Å². The molecular weight excluding hydrogens is 213 g/mol. The number of hydrogen-bond acceptors (Lipinski definition) is 1. The van der Waals surface area contributed by atoms with Gasteiger partial charge in [-0.2, -0.15) is 0 Å². The third kappa shape index (κ3) is 3.03. The average molecular weight is 220 g/mol. The molecule has 1 aromatic rings. The van der Waals surface area contributed by atoms with Gasteiger partial charge in [-0.3, -0.25) is 4.57 Å². The second kappa shape index (κ2) is 4.00. The number of benzene rings is 1. The summed E-state index contributed by atoms with van der Waals surface area (Å²) in [6.07, 6.45) is 0.846. The van der Waals surface area contributed by atoms with Gasteiger partial charge in [-0.05, 0) is 12.1 Å². The standard InChI is InChI=1S/C8H7F2O3P/c9-7-3-1-2-6(8(7)10)4-5-14(11,12)13/h1-5H,(H2,11,12,13). The zero-order chi connectivity index (χ0) is 10.8. The molecule has 0 unspecified atom stereocenters. The summed E-state index contributed by atoms with van der Waals surface area (Å²) in [7, 11) is -4.34. The van der Waals surface area contributed by atoms with E-state index in [4.69, 9.17) is 9.79 Å². The molecule has 76 valence electrons. The average Bonchev–Trinajstić information content (AvgIpc) is 2.06. The van der Waals surface area contributed by atoms with Crippen molar-refractivity contribution in [3.05, 3.63) is 41.2 Å². The van der Waals surface area contributed by atoms with Crippen LogP contribution in [0.3, 0.4) is 0 Å². The van der Waals surface area contributed by atoms with Gasteiger partial charge in [-0.15, -0.1) is 0 Å². The summed E-state index contributed by atoms with van der Waals surface area (Å²) in [5.74, 6) is -1.67. The van der Waals surface area contributed by atoms with Crippen molar-refractivity contribution in [3.63, 3.8) is 0 Å². The SMILES string of the molecule is O=P(O)(O)C=Cc1cccc(F)c1F. The van der Waals surface area contributed by atoms with Gasteiger partial charge in [0, 0.05) is 11.4 Å². The minimum Gasteiger partial charge on any atom is -0.321 e. The molecule has 0 saturated carbocycles. The van der Waals surface area contributed by atoms with Crippen molar-refractivity contribution in [2.75, 3.05) is 0 Å². The van der Waals surface area contributed by atoms with Crippen LogP contribution in [0.4, 0.5) is 8.78 Å². The lowest BCUT2D eigenvalue weighted by Crippen LogP contribution is -1.86. The van der Waals surface area contributed by atoms with E-state index in [0.717, 1.165) is 12.1 Å². The maximum absolute atomic E-state index is 12.9. The maximum Gasteiger partial charge on any atom is 0.349 e. The van der Waals surface area contributed by atoms with Crippen molar-refractivity contribution in [1.29, 1.82) is 0 Å². The second-order valence-electron chi connectivity index (χ2n) is 2.55. The molecule has 3 nitrogen and oxygen atoms in total. The van der Waals surface area contributed by atoms with Crippen LogP contribution in [0.2, 0.25) is 0 Å².